The number of aromatic amines is 1. The van der Waals surface area contributed by atoms with Gasteiger partial charge in [-0.2, -0.15) is 13.9 Å². The van der Waals surface area contributed by atoms with E-state index < -0.39 is 52.2 Å². The van der Waals surface area contributed by atoms with Crippen LogP contribution in [0, 0.1) is 5.92 Å². The molecule has 0 spiro atoms. The van der Waals surface area contributed by atoms with Crippen LogP contribution in [0.3, 0.4) is 0 Å². The van der Waals surface area contributed by atoms with Crippen molar-refractivity contribution in [1.29, 1.82) is 0 Å². The number of hydrogen-bond acceptors (Lipinski definition) is 10. The Morgan fingerprint density at radius 2 is 2.06 bits per heavy atom. The van der Waals surface area contributed by atoms with Crippen molar-refractivity contribution in [1.82, 2.24) is 14.5 Å². The van der Waals surface area contributed by atoms with E-state index in [4.69, 9.17) is 20.3 Å². The zero-order chi connectivity index (χ0) is 23.1. The molecule has 31 heavy (non-hydrogen) atoms. The smallest absolute Gasteiger partial charge is 0.396 e. The zero-order valence-electron chi connectivity index (χ0n) is 16.0. The highest BCUT2D eigenvalue weighted by Gasteiger charge is 2.49. The second kappa shape index (κ2) is 8.67. The van der Waals surface area contributed by atoms with E-state index in [2.05, 4.69) is 18.8 Å². The number of hydrogen-bond donors (Lipinski definition) is 7. The third kappa shape index (κ3) is 5.21. The van der Waals surface area contributed by atoms with Crippen LogP contribution in [-0.4, -0.2) is 64.9 Å². The molecule has 18 heteroatoms. The van der Waals surface area contributed by atoms with Crippen LogP contribution in [0.1, 0.15) is 12.6 Å². The van der Waals surface area contributed by atoms with E-state index in [1.807, 2.05) is 0 Å². The summed E-state index contributed by atoms with van der Waals surface area (Å²) >= 11 is 0. The number of phosphoric acid groups is 2. The summed E-state index contributed by atoms with van der Waals surface area (Å²) < 4.78 is 39.3. The number of nitrogens with zero attached hydrogens (tertiary/aromatic N) is 3. The maximum atomic E-state index is 12.2. The largest absolute Gasteiger partial charge is 0.481 e. The molecule has 0 amide bonds. The number of imidazole rings is 1. The highest BCUT2D eigenvalue weighted by molar-refractivity contribution is 7.60. The molecule has 5 atom stereocenters. The molecule has 0 aliphatic carbocycles. The number of phosphoric ester groups is 1. The van der Waals surface area contributed by atoms with Gasteiger partial charge in [-0.1, -0.05) is 0 Å². The first-order valence-electron chi connectivity index (χ1n) is 8.77. The highest BCUT2D eigenvalue weighted by atomic mass is 31.3. The van der Waals surface area contributed by atoms with Crippen molar-refractivity contribution >= 4 is 32.8 Å². The fraction of sp³-hybridized carbons (Fsp3) is 0.615. The van der Waals surface area contributed by atoms with Gasteiger partial charge in [-0.15, -0.1) is 0 Å². The molecule has 1 aliphatic heterocycles. The molecule has 3 heterocycles. The van der Waals surface area contributed by atoms with Gasteiger partial charge in [-0.25, -0.2) is 13.7 Å². The Kier molecular flexibility index (Phi) is 6.70. The van der Waals surface area contributed by atoms with E-state index >= 15 is 0 Å². The van der Waals surface area contributed by atoms with Crippen LogP contribution in [0.25, 0.3) is 11.2 Å². The Bertz CT molecular complexity index is 1110. The van der Waals surface area contributed by atoms with Crippen LogP contribution >= 0.6 is 15.6 Å². The van der Waals surface area contributed by atoms with E-state index in [0.717, 1.165) is 0 Å². The summed E-state index contributed by atoms with van der Waals surface area (Å²) in [6.07, 6.45) is -2.09. The fourth-order valence-electron chi connectivity index (χ4n) is 3.47. The van der Waals surface area contributed by atoms with Crippen molar-refractivity contribution < 1.29 is 52.2 Å². The van der Waals surface area contributed by atoms with E-state index in [-0.39, 0.29) is 30.1 Å². The zero-order valence-corrected chi connectivity index (χ0v) is 17.8. The molecule has 16 nitrogen and oxygen atoms in total. The van der Waals surface area contributed by atoms with Gasteiger partial charge in [0.25, 0.3) is 11.2 Å². The number of nitrogens with two attached hydrogens (primary N) is 1. The van der Waals surface area contributed by atoms with Crippen LogP contribution in [0.15, 0.2) is 11.1 Å². The van der Waals surface area contributed by atoms with Gasteiger partial charge >= 0.3 is 21.2 Å². The number of fused-ring (bicyclic) bond motifs is 1. The summed E-state index contributed by atoms with van der Waals surface area (Å²) in [6.45, 7) is -1.07. The normalized spacial score (nSPS) is 26.4. The van der Waals surface area contributed by atoms with Crippen LogP contribution in [0.4, 0.5) is 5.95 Å². The third-order valence-corrected chi connectivity index (χ3v) is 6.81. The first kappa shape index (κ1) is 23.9. The summed E-state index contributed by atoms with van der Waals surface area (Å²) in [4.78, 5) is 45.4. The van der Waals surface area contributed by atoms with Crippen molar-refractivity contribution in [2.45, 2.75) is 24.9 Å². The lowest BCUT2D eigenvalue weighted by Crippen LogP contribution is -2.32. The second-order valence-corrected chi connectivity index (χ2v) is 9.66. The van der Waals surface area contributed by atoms with E-state index in [0.29, 0.717) is 0 Å². The third-order valence-electron chi connectivity index (χ3n) is 4.66. The Hall–Kier alpha value is -1.71. The molecule has 0 aromatic carbocycles. The van der Waals surface area contributed by atoms with Gasteiger partial charge in [0.15, 0.2) is 0 Å². The Morgan fingerprint density at radius 3 is 2.68 bits per heavy atom. The average Bonchev–Trinajstić information content (AvgIpc) is 3.09. The van der Waals surface area contributed by atoms with Crippen molar-refractivity contribution in [3.8, 4) is 0 Å². The Balaban J connectivity index is 1.89. The quantitative estimate of drug-likeness (QED) is 0.152. The number of ether oxygens (including phenoxy) is 1. The summed E-state index contributed by atoms with van der Waals surface area (Å²) in [5.74, 6) is -0.986. The van der Waals surface area contributed by atoms with Gasteiger partial charge in [0.2, 0.25) is 18.5 Å². The summed E-state index contributed by atoms with van der Waals surface area (Å²) in [6, 6.07) is 0. The molecule has 2 aromatic heterocycles. The monoisotopic (exact) mass is 486 g/mol. The minimum absolute atomic E-state index is 0.00223. The maximum Gasteiger partial charge on any atom is 0.481 e. The lowest BCUT2D eigenvalue weighted by atomic mass is 9.95. The minimum atomic E-state index is -5.31. The lowest BCUT2D eigenvalue weighted by molar-refractivity contribution is -0.646. The molecule has 1 aliphatic rings. The van der Waals surface area contributed by atoms with Crippen LogP contribution in [-0.2, 0) is 29.7 Å². The fourth-order valence-corrected chi connectivity index (χ4v) is 5.07. The van der Waals surface area contributed by atoms with Gasteiger partial charge < -0.3 is 35.4 Å². The predicted octanol–water partition coefficient (Wildman–Crippen LogP) is -2.39. The van der Waals surface area contributed by atoms with Gasteiger partial charge in [0, 0.05) is 12.5 Å². The highest BCUT2D eigenvalue weighted by Crippen LogP contribution is 2.57. The lowest BCUT2D eigenvalue weighted by Gasteiger charge is -2.19. The number of nitrogen functional groups attached to an aromatic ring is 1. The van der Waals surface area contributed by atoms with Crippen LogP contribution in [0.2, 0.25) is 0 Å². The van der Waals surface area contributed by atoms with Gasteiger partial charge in [0.1, 0.15) is 6.10 Å². The molecule has 1 fully saturated rings. The molecule has 0 radical (unpaired) electrons. The number of anilines is 1. The Labute approximate surface area is 173 Å². The first-order valence-corrected chi connectivity index (χ1v) is 11.8. The van der Waals surface area contributed by atoms with Gasteiger partial charge in [-0.05, 0) is 6.42 Å². The molecule has 1 saturated heterocycles. The number of rotatable bonds is 8. The minimum Gasteiger partial charge on any atom is -0.396 e. The van der Waals surface area contributed by atoms with Crippen LogP contribution < -0.4 is 15.9 Å². The summed E-state index contributed by atoms with van der Waals surface area (Å²) in [7, 11) is -8.90. The maximum absolute atomic E-state index is 12.2. The van der Waals surface area contributed by atoms with Crippen LogP contribution in [0.5, 0.6) is 0 Å². The van der Waals surface area contributed by atoms with Crippen molar-refractivity contribution in [3.63, 3.8) is 0 Å². The van der Waals surface area contributed by atoms with E-state index in [9.17, 15) is 29.0 Å². The molecular weight excluding hydrogens is 464 g/mol. The molecule has 174 valence electrons. The molecular formula is C13H22N5O11P2+. The number of H-pyrrole nitrogens is 1. The second-order valence-electron chi connectivity index (χ2n) is 6.83. The SMILES string of the molecule is C[n+]1cn([C@@H]2O[C@H](COP(=O)(O)OP(=O)(O)O)[C@@H](CCO)[C@H]2O)c2nc(N)[nH]c(=O)c21. The number of aliphatic hydroxyl groups excluding tert-OH is 2. The number of nitrogens with one attached hydrogen (secondary N) is 1. The number of aliphatic hydroxyl groups is 2. The average molecular weight is 486 g/mol. The molecule has 3 rings (SSSR count). The van der Waals surface area contributed by atoms with Gasteiger partial charge in [0.05, 0.1) is 19.8 Å². The molecule has 8 N–H and O–H groups in total. The van der Waals surface area contributed by atoms with Crippen molar-refractivity contribution in [2.75, 3.05) is 18.9 Å². The van der Waals surface area contributed by atoms with Crippen molar-refractivity contribution in [3.05, 3.63) is 16.7 Å². The number of aromatic nitrogens is 4. The first-order chi connectivity index (χ1) is 14.3. The van der Waals surface area contributed by atoms with Gasteiger partial charge in [-0.3, -0.25) is 14.3 Å². The van der Waals surface area contributed by atoms with Crippen molar-refractivity contribution in [2.24, 2.45) is 13.0 Å². The molecule has 1 unspecified atom stereocenters. The molecule has 0 saturated carbocycles. The molecule has 2 aromatic rings. The number of aryl methyl sites for hydroxylation is 1. The summed E-state index contributed by atoms with van der Waals surface area (Å²) in [5, 5.41) is 20.1. The van der Waals surface area contributed by atoms with E-state index in [1.54, 1.807) is 7.05 Å². The Morgan fingerprint density at radius 1 is 1.39 bits per heavy atom. The topological polar surface area (TPSA) is 244 Å². The summed E-state index contributed by atoms with van der Waals surface area (Å²) in [5.41, 5.74) is 5.30. The predicted molar refractivity (Wildman–Crippen MR) is 100.0 cm³/mol. The standard InChI is InChI=1S/C13H21N5O11P2/c1-17-5-18(10-8(17)11(21)16-13(14)15-10)12-9(20)6(2-3-19)7(28-12)4-27-31(25,26)29-30(22,23)24/h5-7,9,12,19-20H,2-4H2,1H3,(H5-,14,15,16,21,22,23,24,25,26)/p+1/t6-,7-,9-,12-/m1/s1. The molecule has 0 bridgehead atoms. The van der Waals surface area contributed by atoms with E-state index in [1.165, 1.54) is 15.5 Å².